The molecule has 2 aromatic heterocycles. The highest BCUT2D eigenvalue weighted by molar-refractivity contribution is 5.71. The monoisotopic (exact) mass is 322 g/mol. The van der Waals surface area contributed by atoms with E-state index in [1.807, 2.05) is 18.6 Å². The van der Waals surface area contributed by atoms with Gasteiger partial charge in [0.2, 0.25) is 0 Å². The summed E-state index contributed by atoms with van der Waals surface area (Å²) >= 11 is 0. The topological polar surface area (TPSA) is 53.7 Å². The van der Waals surface area contributed by atoms with Crippen molar-refractivity contribution in [2.24, 2.45) is 0 Å². The molecule has 0 bridgehead atoms. The van der Waals surface area contributed by atoms with Gasteiger partial charge in [-0.1, -0.05) is 12.1 Å². The Labute approximate surface area is 141 Å². The van der Waals surface area contributed by atoms with Crippen molar-refractivity contribution in [3.63, 3.8) is 0 Å². The second kappa shape index (κ2) is 5.91. The van der Waals surface area contributed by atoms with Crippen LogP contribution in [0.3, 0.4) is 0 Å². The fourth-order valence-corrected chi connectivity index (χ4v) is 3.32. The summed E-state index contributed by atoms with van der Waals surface area (Å²) in [4.78, 5) is 11.4. The van der Waals surface area contributed by atoms with Crippen LogP contribution >= 0.6 is 0 Å². The predicted molar refractivity (Wildman–Crippen MR) is 95.4 cm³/mol. The fourth-order valence-electron chi connectivity index (χ4n) is 3.32. The molecule has 0 unspecified atom stereocenters. The maximum absolute atomic E-state index is 9.72. The van der Waals surface area contributed by atoms with E-state index >= 15 is 0 Å². The molecule has 1 fully saturated rings. The summed E-state index contributed by atoms with van der Waals surface area (Å²) in [5.74, 6) is 0.902. The fraction of sp³-hybridized carbons (Fsp3) is 0.368. The summed E-state index contributed by atoms with van der Waals surface area (Å²) < 4.78 is 2.11. The second-order valence-electron chi connectivity index (χ2n) is 6.61. The maximum atomic E-state index is 9.72. The van der Waals surface area contributed by atoms with E-state index in [1.54, 1.807) is 0 Å². The number of rotatable bonds is 2. The van der Waals surface area contributed by atoms with Crippen LogP contribution in [0, 0.1) is 13.8 Å². The zero-order valence-corrected chi connectivity index (χ0v) is 14.1. The number of benzene rings is 1. The van der Waals surface area contributed by atoms with Gasteiger partial charge < -0.3 is 10.0 Å². The average molecular weight is 322 g/mol. The molecule has 124 valence electrons. The molecule has 3 heterocycles. The molecule has 0 atom stereocenters. The predicted octanol–water partition coefficient (Wildman–Crippen LogP) is 2.97. The van der Waals surface area contributed by atoms with E-state index in [4.69, 9.17) is 0 Å². The first-order valence-electron chi connectivity index (χ1n) is 8.46. The number of aromatic nitrogens is 3. The SMILES string of the molecule is Cc1ccc(-c2cnc3c(N4CCC(O)CC4)nccn23)cc1C. The minimum atomic E-state index is -0.188. The van der Waals surface area contributed by atoms with Gasteiger partial charge in [-0.2, -0.15) is 0 Å². The summed E-state index contributed by atoms with van der Waals surface area (Å²) in [6, 6.07) is 6.50. The molecule has 3 aromatic rings. The largest absolute Gasteiger partial charge is 0.393 e. The lowest BCUT2D eigenvalue weighted by Crippen LogP contribution is -2.36. The van der Waals surface area contributed by atoms with Crippen molar-refractivity contribution in [1.82, 2.24) is 14.4 Å². The molecule has 5 heteroatoms. The van der Waals surface area contributed by atoms with Gasteiger partial charge in [-0.3, -0.25) is 4.40 Å². The summed E-state index contributed by atoms with van der Waals surface area (Å²) in [5.41, 5.74) is 5.69. The van der Waals surface area contributed by atoms with Crippen LogP contribution in [-0.4, -0.2) is 38.7 Å². The van der Waals surface area contributed by atoms with Crippen LogP contribution < -0.4 is 4.90 Å². The Bertz CT molecular complexity index is 878. The van der Waals surface area contributed by atoms with Gasteiger partial charge in [-0.25, -0.2) is 9.97 Å². The molecule has 0 aliphatic carbocycles. The van der Waals surface area contributed by atoms with Crippen LogP contribution in [0.2, 0.25) is 0 Å². The maximum Gasteiger partial charge on any atom is 0.180 e. The molecular weight excluding hydrogens is 300 g/mol. The lowest BCUT2D eigenvalue weighted by molar-refractivity contribution is 0.145. The third-order valence-electron chi connectivity index (χ3n) is 4.98. The first-order valence-corrected chi connectivity index (χ1v) is 8.46. The Kier molecular flexibility index (Phi) is 3.73. The molecule has 1 aromatic carbocycles. The van der Waals surface area contributed by atoms with Gasteiger partial charge in [-0.15, -0.1) is 0 Å². The Balaban J connectivity index is 1.77. The highest BCUT2D eigenvalue weighted by Crippen LogP contribution is 2.27. The first kappa shape index (κ1) is 15.1. The van der Waals surface area contributed by atoms with Gasteiger partial charge in [0.1, 0.15) is 0 Å². The Morgan fingerprint density at radius 3 is 2.62 bits per heavy atom. The number of imidazole rings is 1. The number of anilines is 1. The number of aryl methyl sites for hydroxylation is 2. The molecule has 24 heavy (non-hydrogen) atoms. The average Bonchev–Trinajstić information content (AvgIpc) is 3.02. The Hall–Kier alpha value is -2.40. The molecule has 1 saturated heterocycles. The van der Waals surface area contributed by atoms with Crippen LogP contribution in [0.25, 0.3) is 16.9 Å². The molecule has 0 amide bonds. The van der Waals surface area contributed by atoms with Crippen LogP contribution in [0.4, 0.5) is 5.82 Å². The van der Waals surface area contributed by atoms with Crippen molar-refractivity contribution in [2.75, 3.05) is 18.0 Å². The van der Waals surface area contributed by atoms with Crippen LogP contribution in [0.15, 0.2) is 36.8 Å². The summed E-state index contributed by atoms with van der Waals surface area (Å²) in [5, 5.41) is 9.72. The lowest BCUT2D eigenvalue weighted by Gasteiger charge is -2.30. The van der Waals surface area contributed by atoms with E-state index < -0.39 is 0 Å². The highest BCUT2D eigenvalue weighted by atomic mass is 16.3. The summed E-state index contributed by atoms with van der Waals surface area (Å²) in [6.07, 6.45) is 7.10. The molecule has 4 rings (SSSR count). The summed E-state index contributed by atoms with van der Waals surface area (Å²) in [6.45, 7) is 5.90. The quantitative estimate of drug-likeness (QED) is 0.788. The molecule has 0 radical (unpaired) electrons. The van der Waals surface area contributed by atoms with Gasteiger partial charge in [0.15, 0.2) is 11.5 Å². The van der Waals surface area contributed by atoms with Crippen molar-refractivity contribution in [2.45, 2.75) is 32.8 Å². The third kappa shape index (κ3) is 2.55. The summed E-state index contributed by atoms with van der Waals surface area (Å²) in [7, 11) is 0. The number of fused-ring (bicyclic) bond motifs is 1. The van der Waals surface area contributed by atoms with Crippen molar-refractivity contribution in [1.29, 1.82) is 0 Å². The Morgan fingerprint density at radius 2 is 1.88 bits per heavy atom. The van der Waals surface area contributed by atoms with Crippen LogP contribution in [-0.2, 0) is 0 Å². The van der Waals surface area contributed by atoms with Crippen molar-refractivity contribution >= 4 is 11.5 Å². The van der Waals surface area contributed by atoms with E-state index in [0.717, 1.165) is 48.7 Å². The lowest BCUT2D eigenvalue weighted by atomic mass is 10.0. The van der Waals surface area contributed by atoms with Gasteiger partial charge in [0.05, 0.1) is 18.0 Å². The molecule has 0 saturated carbocycles. The normalized spacial score (nSPS) is 16.0. The highest BCUT2D eigenvalue weighted by Gasteiger charge is 2.21. The van der Waals surface area contributed by atoms with E-state index in [1.165, 1.54) is 11.1 Å². The number of hydrogen-bond donors (Lipinski definition) is 1. The molecule has 1 aliphatic heterocycles. The minimum absolute atomic E-state index is 0.188. The van der Waals surface area contributed by atoms with Crippen molar-refractivity contribution in [3.05, 3.63) is 47.9 Å². The third-order valence-corrected chi connectivity index (χ3v) is 4.98. The second-order valence-corrected chi connectivity index (χ2v) is 6.61. The van der Waals surface area contributed by atoms with Crippen LogP contribution in [0.1, 0.15) is 24.0 Å². The van der Waals surface area contributed by atoms with Gasteiger partial charge in [0.25, 0.3) is 0 Å². The van der Waals surface area contributed by atoms with E-state index in [0.29, 0.717) is 0 Å². The number of nitrogens with zero attached hydrogens (tertiary/aromatic N) is 4. The van der Waals surface area contributed by atoms with Crippen molar-refractivity contribution in [3.8, 4) is 11.3 Å². The number of aliphatic hydroxyl groups is 1. The Morgan fingerprint density at radius 1 is 1.08 bits per heavy atom. The zero-order valence-electron chi connectivity index (χ0n) is 14.1. The van der Waals surface area contributed by atoms with Gasteiger partial charge in [0, 0.05) is 31.0 Å². The number of piperidine rings is 1. The number of hydrogen-bond acceptors (Lipinski definition) is 4. The first-order chi connectivity index (χ1) is 11.6. The smallest absolute Gasteiger partial charge is 0.180 e. The van der Waals surface area contributed by atoms with Crippen molar-refractivity contribution < 1.29 is 5.11 Å². The van der Waals surface area contributed by atoms with E-state index in [9.17, 15) is 5.11 Å². The zero-order chi connectivity index (χ0) is 16.7. The molecule has 5 nitrogen and oxygen atoms in total. The molecule has 1 aliphatic rings. The number of aliphatic hydroxyl groups excluding tert-OH is 1. The molecular formula is C19H22N4O. The van der Waals surface area contributed by atoms with Gasteiger partial charge in [-0.05, 0) is 43.9 Å². The van der Waals surface area contributed by atoms with Crippen LogP contribution in [0.5, 0.6) is 0 Å². The van der Waals surface area contributed by atoms with E-state index in [2.05, 4.69) is 51.3 Å². The molecule has 1 N–H and O–H groups in total. The van der Waals surface area contributed by atoms with E-state index in [-0.39, 0.29) is 6.10 Å². The van der Waals surface area contributed by atoms with Gasteiger partial charge >= 0.3 is 0 Å². The minimum Gasteiger partial charge on any atom is -0.393 e. The molecule has 0 spiro atoms. The standard InChI is InChI=1S/C19H22N4O/c1-13-3-4-15(11-14(13)2)17-12-21-19-18(20-7-10-23(17)19)22-8-5-16(24)6-9-22/h3-4,7,10-12,16,24H,5-6,8-9H2,1-2H3.